The lowest BCUT2D eigenvalue weighted by molar-refractivity contribution is 0.145. The summed E-state index contributed by atoms with van der Waals surface area (Å²) in [6.07, 6.45) is 1.09. The van der Waals surface area contributed by atoms with Gasteiger partial charge in [0.1, 0.15) is 24.0 Å². The van der Waals surface area contributed by atoms with E-state index in [9.17, 15) is 5.11 Å². The van der Waals surface area contributed by atoms with Crippen LogP contribution < -0.4 is 0 Å². The van der Waals surface area contributed by atoms with E-state index in [4.69, 9.17) is 4.42 Å². The average molecular weight is 351 g/mol. The van der Waals surface area contributed by atoms with Gasteiger partial charge in [-0.1, -0.05) is 0 Å². The smallest absolute Gasteiger partial charge is 0.183 e. The highest BCUT2D eigenvalue weighted by molar-refractivity contribution is 9.13. The minimum Gasteiger partial charge on any atom is -0.450 e. The van der Waals surface area contributed by atoms with Gasteiger partial charge in [0.05, 0.1) is 4.47 Å². The second-order valence-electron chi connectivity index (χ2n) is 3.29. The standard InChI is InChI=1S/C9H9Br2N3O2/c1-14-8(12-4-13-14)3-6(15)7-2-5(10)9(11)16-7/h2,4,6,15H,3H2,1H3. The normalized spacial score (nSPS) is 13.0. The van der Waals surface area contributed by atoms with Crippen molar-refractivity contribution in [1.82, 2.24) is 14.8 Å². The van der Waals surface area contributed by atoms with Gasteiger partial charge in [0, 0.05) is 13.5 Å². The van der Waals surface area contributed by atoms with Gasteiger partial charge in [-0.3, -0.25) is 4.68 Å². The summed E-state index contributed by atoms with van der Waals surface area (Å²) in [6.45, 7) is 0. The predicted molar refractivity (Wildman–Crippen MR) is 63.8 cm³/mol. The Balaban J connectivity index is 2.14. The van der Waals surface area contributed by atoms with E-state index in [1.165, 1.54) is 6.33 Å². The number of hydrogen-bond acceptors (Lipinski definition) is 4. The van der Waals surface area contributed by atoms with Crippen molar-refractivity contribution < 1.29 is 9.52 Å². The molecule has 0 aliphatic heterocycles. The Morgan fingerprint density at radius 3 is 2.81 bits per heavy atom. The van der Waals surface area contributed by atoms with Crippen LogP contribution >= 0.6 is 31.9 Å². The van der Waals surface area contributed by atoms with Crippen LogP contribution in [0, 0.1) is 0 Å². The van der Waals surface area contributed by atoms with Crippen molar-refractivity contribution in [2.45, 2.75) is 12.5 Å². The number of halogens is 2. The van der Waals surface area contributed by atoms with Gasteiger partial charge in [0.15, 0.2) is 4.67 Å². The average Bonchev–Trinajstić information content (AvgIpc) is 2.76. The van der Waals surface area contributed by atoms with Gasteiger partial charge in [-0.2, -0.15) is 5.10 Å². The first-order valence-corrected chi connectivity index (χ1v) is 6.12. The first-order chi connectivity index (χ1) is 7.58. The van der Waals surface area contributed by atoms with E-state index in [-0.39, 0.29) is 0 Å². The molecule has 0 saturated carbocycles. The minimum atomic E-state index is -0.731. The Kier molecular flexibility index (Phi) is 3.46. The van der Waals surface area contributed by atoms with Gasteiger partial charge in [-0.25, -0.2) is 4.98 Å². The molecule has 0 saturated heterocycles. The van der Waals surface area contributed by atoms with Crippen molar-refractivity contribution in [3.63, 3.8) is 0 Å². The zero-order chi connectivity index (χ0) is 11.7. The van der Waals surface area contributed by atoms with Crippen LogP contribution in [0.2, 0.25) is 0 Å². The second-order valence-corrected chi connectivity index (χ2v) is 4.86. The molecular formula is C9H9Br2N3O2. The molecule has 1 atom stereocenters. The van der Waals surface area contributed by atoms with Crippen molar-refractivity contribution in [3.05, 3.63) is 33.1 Å². The molecule has 5 nitrogen and oxygen atoms in total. The third-order valence-electron chi connectivity index (χ3n) is 2.17. The molecule has 2 rings (SSSR count). The number of aromatic nitrogens is 3. The summed E-state index contributed by atoms with van der Waals surface area (Å²) in [4.78, 5) is 4.04. The van der Waals surface area contributed by atoms with Crippen molar-refractivity contribution in [2.24, 2.45) is 7.05 Å². The highest BCUT2D eigenvalue weighted by Crippen LogP contribution is 2.30. The summed E-state index contributed by atoms with van der Waals surface area (Å²) in [5.41, 5.74) is 0. The lowest BCUT2D eigenvalue weighted by atomic mass is 10.2. The molecule has 86 valence electrons. The molecule has 0 bridgehead atoms. The summed E-state index contributed by atoms with van der Waals surface area (Å²) in [5, 5.41) is 13.9. The summed E-state index contributed by atoms with van der Waals surface area (Å²) >= 11 is 6.51. The van der Waals surface area contributed by atoms with Crippen molar-refractivity contribution in [2.75, 3.05) is 0 Å². The van der Waals surface area contributed by atoms with Gasteiger partial charge >= 0.3 is 0 Å². The first kappa shape index (κ1) is 11.8. The number of furan rings is 1. The largest absolute Gasteiger partial charge is 0.450 e. The second kappa shape index (κ2) is 4.68. The summed E-state index contributed by atoms with van der Waals surface area (Å²) < 4.78 is 8.29. The third kappa shape index (κ3) is 2.36. The Morgan fingerprint density at radius 1 is 1.56 bits per heavy atom. The van der Waals surface area contributed by atoms with Crippen molar-refractivity contribution in [1.29, 1.82) is 0 Å². The fraction of sp³-hybridized carbons (Fsp3) is 0.333. The topological polar surface area (TPSA) is 64.1 Å². The lowest BCUT2D eigenvalue weighted by Gasteiger charge is -2.06. The van der Waals surface area contributed by atoms with Gasteiger partial charge in [0.25, 0.3) is 0 Å². The van der Waals surface area contributed by atoms with Crippen molar-refractivity contribution in [3.8, 4) is 0 Å². The van der Waals surface area contributed by atoms with Crippen LogP contribution in [0.4, 0.5) is 0 Å². The fourth-order valence-corrected chi connectivity index (χ4v) is 1.91. The molecule has 0 aromatic carbocycles. The number of aryl methyl sites for hydroxylation is 1. The van der Waals surface area contributed by atoms with Crippen molar-refractivity contribution >= 4 is 31.9 Å². The molecule has 0 amide bonds. The zero-order valence-electron chi connectivity index (χ0n) is 8.39. The Labute approximate surface area is 109 Å². The molecule has 2 aromatic rings. The fourth-order valence-electron chi connectivity index (χ4n) is 1.31. The Morgan fingerprint density at radius 2 is 2.31 bits per heavy atom. The van der Waals surface area contributed by atoms with Crippen LogP contribution in [0.3, 0.4) is 0 Å². The summed E-state index contributed by atoms with van der Waals surface area (Å²) in [6, 6.07) is 1.73. The van der Waals surface area contributed by atoms with E-state index in [2.05, 4.69) is 41.9 Å². The van der Waals surface area contributed by atoms with E-state index < -0.39 is 6.10 Å². The summed E-state index contributed by atoms with van der Waals surface area (Å²) in [7, 11) is 1.78. The van der Waals surface area contributed by atoms with Gasteiger partial charge in [-0.05, 0) is 37.9 Å². The number of aliphatic hydroxyl groups is 1. The molecule has 1 N–H and O–H groups in total. The van der Waals surface area contributed by atoms with E-state index in [0.717, 1.165) is 4.47 Å². The van der Waals surface area contributed by atoms with Crippen LogP contribution in [-0.2, 0) is 13.5 Å². The van der Waals surface area contributed by atoms with Crippen LogP contribution in [0.15, 0.2) is 26.0 Å². The Hall–Kier alpha value is -0.660. The molecule has 0 radical (unpaired) electrons. The molecule has 2 heterocycles. The lowest BCUT2D eigenvalue weighted by Crippen LogP contribution is -2.06. The summed E-state index contributed by atoms with van der Waals surface area (Å²) in [5.74, 6) is 1.19. The molecule has 1 unspecified atom stereocenters. The first-order valence-electron chi connectivity index (χ1n) is 4.53. The third-order valence-corrected chi connectivity index (χ3v) is 3.88. The molecule has 2 aromatic heterocycles. The number of hydrogen-bond donors (Lipinski definition) is 1. The molecule has 7 heteroatoms. The maximum absolute atomic E-state index is 9.94. The molecular weight excluding hydrogens is 342 g/mol. The van der Waals surface area contributed by atoms with Gasteiger partial charge in [-0.15, -0.1) is 0 Å². The van der Waals surface area contributed by atoms with E-state index in [1.54, 1.807) is 17.8 Å². The molecule has 0 fully saturated rings. The van der Waals surface area contributed by atoms with E-state index in [1.807, 2.05) is 0 Å². The molecule has 0 aliphatic carbocycles. The van der Waals surface area contributed by atoms with Crippen LogP contribution in [0.1, 0.15) is 17.7 Å². The van der Waals surface area contributed by atoms with E-state index in [0.29, 0.717) is 22.7 Å². The SMILES string of the molecule is Cn1ncnc1CC(O)c1cc(Br)c(Br)o1. The maximum Gasteiger partial charge on any atom is 0.183 e. The monoisotopic (exact) mass is 349 g/mol. The van der Waals surface area contributed by atoms with E-state index >= 15 is 0 Å². The molecule has 16 heavy (non-hydrogen) atoms. The molecule has 0 spiro atoms. The van der Waals surface area contributed by atoms with Gasteiger partial charge in [0.2, 0.25) is 0 Å². The highest BCUT2D eigenvalue weighted by Gasteiger charge is 2.17. The zero-order valence-corrected chi connectivity index (χ0v) is 11.6. The number of nitrogens with zero attached hydrogens (tertiary/aromatic N) is 3. The minimum absolute atomic E-state index is 0.364. The van der Waals surface area contributed by atoms with Crippen LogP contribution in [-0.4, -0.2) is 19.9 Å². The number of aliphatic hydroxyl groups excluding tert-OH is 1. The Bertz CT molecular complexity index is 475. The predicted octanol–water partition coefficient (Wildman–Crippen LogP) is 2.21. The molecule has 0 aliphatic rings. The van der Waals surface area contributed by atoms with Gasteiger partial charge < -0.3 is 9.52 Å². The number of rotatable bonds is 3. The highest BCUT2D eigenvalue weighted by atomic mass is 79.9. The quantitative estimate of drug-likeness (QED) is 0.921. The van der Waals surface area contributed by atoms with Crippen LogP contribution in [0.25, 0.3) is 0 Å². The van der Waals surface area contributed by atoms with Crippen LogP contribution in [0.5, 0.6) is 0 Å². The maximum atomic E-state index is 9.94.